The van der Waals surface area contributed by atoms with Gasteiger partial charge in [0.2, 0.25) is 0 Å². The number of para-hydroxylation sites is 2. The van der Waals surface area contributed by atoms with Gasteiger partial charge in [0.1, 0.15) is 5.58 Å². The molecule has 2 aromatic heterocycles. The fraction of sp³-hybridized carbons (Fsp3) is 0. The molecule has 0 saturated carbocycles. The normalized spacial score (nSPS) is 10.3. The number of nitrogens with one attached hydrogen (secondary N) is 1. The summed E-state index contributed by atoms with van der Waals surface area (Å²) in [7, 11) is 0. The zero-order valence-corrected chi connectivity index (χ0v) is 13.2. The van der Waals surface area contributed by atoms with Crippen molar-refractivity contribution in [3.63, 3.8) is 0 Å². The second-order valence-corrected chi connectivity index (χ2v) is 5.49. The average molecular weight is 360 g/mol. The van der Waals surface area contributed by atoms with E-state index in [1.54, 1.807) is 12.5 Å². The van der Waals surface area contributed by atoms with E-state index in [1.165, 1.54) is 0 Å². The Morgan fingerprint density at radius 2 is 1.95 bits per heavy atom. The first-order chi connectivity index (χ1) is 10.2. The van der Waals surface area contributed by atoms with Crippen LogP contribution in [-0.2, 0) is 0 Å². The van der Waals surface area contributed by atoms with Crippen LogP contribution in [0, 0.1) is 4.84 Å². The molecule has 0 atom stereocenters. The van der Waals surface area contributed by atoms with Gasteiger partial charge in [0.15, 0.2) is 0 Å². The minimum atomic E-state index is 0.268. The summed E-state index contributed by atoms with van der Waals surface area (Å²) < 4.78 is 6.20. The molecular weight excluding hydrogens is 350 g/mol. The van der Waals surface area contributed by atoms with Crippen molar-refractivity contribution in [1.82, 2.24) is 15.0 Å². The molecule has 0 unspecified atom stereocenters. The van der Waals surface area contributed by atoms with E-state index in [4.69, 9.17) is 16.6 Å². The highest BCUT2D eigenvalue weighted by Crippen LogP contribution is 2.18. The van der Waals surface area contributed by atoms with Crippen LogP contribution in [0.4, 0.5) is 0 Å². The van der Waals surface area contributed by atoms with Crippen molar-refractivity contribution in [2.24, 2.45) is 0 Å². The van der Waals surface area contributed by atoms with Gasteiger partial charge >= 0.3 is 0 Å². The molecule has 1 N–H and O–H groups in total. The molecule has 0 fully saturated rings. The van der Waals surface area contributed by atoms with Gasteiger partial charge in [0.25, 0.3) is 4.84 Å². The predicted molar refractivity (Wildman–Crippen MR) is 88.6 cm³/mol. The first kappa shape index (κ1) is 13.9. The van der Waals surface area contributed by atoms with E-state index >= 15 is 0 Å². The number of halogens is 1. The van der Waals surface area contributed by atoms with E-state index < -0.39 is 0 Å². The fourth-order valence-corrected chi connectivity index (χ4v) is 2.36. The van der Waals surface area contributed by atoms with Gasteiger partial charge in [-0.25, -0.2) is 9.97 Å². The number of nitrogens with zero attached hydrogens (tertiary/aromatic N) is 2. The molecule has 4 rings (SSSR count). The highest BCUT2D eigenvalue weighted by Gasteiger charge is 1.95. The summed E-state index contributed by atoms with van der Waals surface area (Å²) in [5.74, 6) is 0. The van der Waals surface area contributed by atoms with E-state index in [0.29, 0.717) is 0 Å². The number of hydrogen-bond acceptors (Lipinski definition) is 4. The lowest BCUT2D eigenvalue weighted by Crippen LogP contribution is -1.76. The van der Waals surface area contributed by atoms with Crippen LogP contribution in [0.15, 0.2) is 63.9 Å². The van der Waals surface area contributed by atoms with E-state index in [-0.39, 0.29) is 4.84 Å². The molecule has 6 heteroatoms. The van der Waals surface area contributed by atoms with E-state index in [0.717, 1.165) is 26.5 Å². The molecule has 2 heterocycles. The standard InChI is InChI=1S/C8H4BrNOS.C7H6N2/c9-6-1-2-7-5(3-6)4-10-8(12)11-7;1-2-4-7-6(3-1)8-5-9-7/h1-4H;1-5H,(H,8,9). The minimum Gasteiger partial charge on any atom is -0.430 e. The van der Waals surface area contributed by atoms with Crippen LogP contribution in [0.25, 0.3) is 22.0 Å². The monoisotopic (exact) mass is 359 g/mol. The number of benzene rings is 2. The van der Waals surface area contributed by atoms with E-state index in [2.05, 4.69) is 30.9 Å². The third-order valence-corrected chi connectivity index (χ3v) is 3.49. The molecular formula is C15H10BrN3OS. The predicted octanol–water partition coefficient (Wildman–Crippen LogP) is 4.88. The Balaban J connectivity index is 0.000000131. The molecule has 4 aromatic rings. The zero-order valence-electron chi connectivity index (χ0n) is 10.8. The Kier molecular flexibility index (Phi) is 4.08. The summed E-state index contributed by atoms with van der Waals surface area (Å²) >= 11 is 8.14. The maximum atomic E-state index is 5.20. The number of rotatable bonds is 0. The van der Waals surface area contributed by atoms with E-state index in [9.17, 15) is 0 Å². The van der Waals surface area contributed by atoms with Gasteiger partial charge in [-0.05, 0) is 42.5 Å². The van der Waals surface area contributed by atoms with Crippen LogP contribution in [0.2, 0.25) is 0 Å². The van der Waals surface area contributed by atoms with Crippen LogP contribution in [0.3, 0.4) is 0 Å². The van der Waals surface area contributed by atoms with Crippen molar-refractivity contribution >= 4 is 50.2 Å². The zero-order chi connectivity index (χ0) is 14.7. The van der Waals surface area contributed by atoms with Crippen molar-refractivity contribution in [1.29, 1.82) is 0 Å². The number of aromatic nitrogens is 3. The van der Waals surface area contributed by atoms with Gasteiger partial charge in [0.05, 0.1) is 17.4 Å². The van der Waals surface area contributed by atoms with Gasteiger partial charge in [-0.1, -0.05) is 28.1 Å². The number of fused-ring (bicyclic) bond motifs is 2. The quantitative estimate of drug-likeness (QED) is 0.454. The van der Waals surface area contributed by atoms with Crippen LogP contribution in [0.1, 0.15) is 0 Å². The maximum Gasteiger partial charge on any atom is 0.288 e. The van der Waals surface area contributed by atoms with Crippen LogP contribution >= 0.6 is 28.1 Å². The summed E-state index contributed by atoms with van der Waals surface area (Å²) in [6.45, 7) is 0. The molecule has 0 aliphatic carbocycles. The summed E-state index contributed by atoms with van der Waals surface area (Å²) in [4.78, 5) is 11.2. The number of H-pyrrole nitrogens is 1. The summed E-state index contributed by atoms with van der Waals surface area (Å²) in [5, 5.41) is 0.943. The summed E-state index contributed by atoms with van der Waals surface area (Å²) in [6.07, 6.45) is 3.40. The second kappa shape index (κ2) is 6.15. The van der Waals surface area contributed by atoms with E-state index in [1.807, 2.05) is 42.5 Å². The van der Waals surface area contributed by atoms with Gasteiger partial charge < -0.3 is 9.40 Å². The topological polar surface area (TPSA) is 54.7 Å². The lowest BCUT2D eigenvalue weighted by Gasteiger charge is -1.94. The molecule has 4 nitrogen and oxygen atoms in total. The van der Waals surface area contributed by atoms with Crippen LogP contribution in [0.5, 0.6) is 0 Å². The average Bonchev–Trinajstić information content (AvgIpc) is 2.97. The fourth-order valence-electron chi connectivity index (χ4n) is 1.84. The third kappa shape index (κ3) is 3.34. The smallest absolute Gasteiger partial charge is 0.288 e. The van der Waals surface area contributed by atoms with Crippen molar-refractivity contribution in [3.05, 3.63) is 64.3 Å². The highest BCUT2D eigenvalue weighted by molar-refractivity contribution is 9.10. The molecule has 2 aromatic carbocycles. The molecule has 0 aliphatic rings. The van der Waals surface area contributed by atoms with Crippen molar-refractivity contribution < 1.29 is 4.42 Å². The largest absolute Gasteiger partial charge is 0.430 e. The summed E-state index contributed by atoms with van der Waals surface area (Å²) in [6, 6.07) is 13.6. The van der Waals surface area contributed by atoms with Crippen LogP contribution in [-0.4, -0.2) is 15.0 Å². The molecule has 104 valence electrons. The Hall–Kier alpha value is -2.05. The highest BCUT2D eigenvalue weighted by atomic mass is 79.9. The van der Waals surface area contributed by atoms with Gasteiger partial charge in [-0.3, -0.25) is 0 Å². The molecule has 0 aliphatic heterocycles. The van der Waals surface area contributed by atoms with Gasteiger partial charge in [0, 0.05) is 16.1 Å². The lowest BCUT2D eigenvalue weighted by atomic mass is 10.3. The Morgan fingerprint density at radius 3 is 2.81 bits per heavy atom. The minimum absolute atomic E-state index is 0.268. The third-order valence-electron chi connectivity index (χ3n) is 2.81. The molecule has 0 radical (unpaired) electrons. The number of imidazole rings is 1. The van der Waals surface area contributed by atoms with Gasteiger partial charge in [-0.15, -0.1) is 0 Å². The SMILES string of the molecule is S=c1ncc2cc(Br)ccc2o1.c1ccc2[nH]cnc2c1. The Labute approximate surface area is 134 Å². The van der Waals surface area contributed by atoms with Crippen molar-refractivity contribution in [3.8, 4) is 0 Å². The van der Waals surface area contributed by atoms with Gasteiger partial charge in [-0.2, -0.15) is 0 Å². The molecule has 0 saturated heterocycles. The molecule has 0 amide bonds. The van der Waals surface area contributed by atoms with Crippen molar-refractivity contribution in [2.75, 3.05) is 0 Å². The maximum absolute atomic E-state index is 5.20. The van der Waals surface area contributed by atoms with Crippen LogP contribution < -0.4 is 0 Å². The van der Waals surface area contributed by atoms with Crippen molar-refractivity contribution in [2.45, 2.75) is 0 Å². The molecule has 0 spiro atoms. The number of hydrogen-bond donors (Lipinski definition) is 1. The first-order valence-corrected chi connectivity index (χ1v) is 7.36. The second-order valence-electron chi connectivity index (χ2n) is 4.23. The number of aromatic amines is 1. The molecule has 0 bridgehead atoms. The summed E-state index contributed by atoms with van der Waals surface area (Å²) in [5.41, 5.74) is 2.88. The lowest BCUT2D eigenvalue weighted by molar-refractivity contribution is 0.560. The first-order valence-electron chi connectivity index (χ1n) is 6.16. The molecule has 21 heavy (non-hydrogen) atoms. The Bertz CT molecular complexity index is 918. The Morgan fingerprint density at radius 1 is 1.10 bits per heavy atom.